The Balaban J connectivity index is 1.50. The van der Waals surface area contributed by atoms with Gasteiger partial charge in [0.15, 0.2) is 0 Å². The van der Waals surface area contributed by atoms with Crippen LogP contribution in [0.4, 0.5) is 11.4 Å². The van der Waals surface area contributed by atoms with Gasteiger partial charge in [0.05, 0.1) is 5.56 Å². The molecule has 6 heteroatoms. The molecule has 1 heterocycles. The van der Waals surface area contributed by atoms with Crippen molar-refractivity contribution in [1.29, 1.82) is 0 Å². The van der Waals surface area contributed by atoms with Gasteiger partial charge in [-0.1, -0.05) is 42.5 Å². The number of hydrogen-bond donors (Lipinski definition) is 2. The van der Waals surface area contributed by atoms with Crippen molar-refractivity contribution in [3.8, 4) is 11.1 Å². The number of anilines is 2. The van der Waals surface area contributed by atoms with Gasteiger partial charge in [-0.3, -0.25) is 9.59 Å². The van der Waals surface area contributed by atoms with Gasteiger partial charge in [-0.25, -0.2) is 0 Å². The smallest absolute Gasteiger partial charge is 0.255 e. The fourth-order valence-corrected chi connectivity index (χ4v) is 4.37. The molecule has 0 aliphatic carbocycles. The number of amides is 2. The van der Waals surface area contributed by atoms with Gasteiger partial charge in [0, 0.05) is 50.3 Å². The molecule has 2 amide bonds. The van der Waals surface area contributed by atoms with Crippen molar-refractivity contribution in [1.82, 2.24) is 5.32 Å². The standard InChI is InChI=1S/C29H33N3O3/c1-35-20-8-17-30-29(34)26-21-25(15-16-27(26)32-18-6-3-7-19-32)31-28(33)24-13-11-23(12-14-24)22-9-4-2-5-10-22/h2,4-5,9-16,21H,3,6-8,17-20H2,1H3,(H,30,34)(H,31,33). The summed E-state index contributed by atoms with van der Waals surface area (Å²) in [5.41, 5.74) is 4.83. The number of rotatable bonds is 9. The SMILES string of the molecule is COCCCNC(=O)c1cc(NC(=O)c2ccc(-c3ccccc3)cc2)ccc1N1CCCCC1. The van der Waals surface area contributed by atoms with Crippen LogP contribution in [-0.2, 0) is 4.74 Å². The van der Waals surface area contributed by atoms with Gasteiger partial charge in [-0.15, -0.1) is 0 Å². The quantitative estimate of drug-likeness (QED) is 0.412. The predicted octanol–water partition coefficient (Wildman–Crippen LogP) is 5.36. The van der Waals surface area contributed by atoms with Crippen LogP contribution in [0.2, 0.25) is 0 Å². The summed E-state index contributed by atoms with van der Waals surface area (Å²) in [7, 11) is 1.65. The summed E-state index contributed by atoms with van der Waals surface area (Å²) in [4.78, 5) is 28.3. The van der Waals surface area contributed by atoms with Crippen LogP contribution in [0.15, 0.2) is 72.8 Å². The Bertz CT molecular complexity index is 1120. The predicted molar refractivity (Wildman–Crippen MR) is 141 cm³/mol. The van der Waals surface area contributed by atoms with E-state index in [-0.39, 0.29) is 11.8 Å². The van der Waals surface area contributed by atoms with Crippen molar-refractivity contribution in [2.75, 3.05) is 43.6 Å². The van der Waals surface area contributed by atoms with Crippen LogP contribution >= 0.6 is 0 Å². The number of carbonyl (C=O) groups is 2. The van der Waals surface area contributed by atoms with E-state index in [4.69, 9.17) is 4.74 Å². The van der Waals surface area contributed by atoms with Crippen molar-refractivity contribution in [2.45, 2.75) is 25.7 Å². The van der Waals surface area contributed by atoms with Crippen LogP contribution < -0.4 is 15.5 Å². The molecule has 0 spiro atoms. The highest BCUT2D eigenvalue weighted by Gasteiger charge is 2.20. The van der Waals surface area contributed by atoms with Crippen molar-refractivity contribution in [3.63, 3.8) is 0 Å². The molecule has 6 nitrogen and oxygen atoms in total. The topological polar surface area (TPSA) is 70.7 Å². The summed E-state index contributed by atoms with van der Waals surface area (Å²) >= 11 is 0. The zero-order valence-corrected chi connectivity index (χ0v) is 20.3. The monoisotopic (exact) mass is 471 g/mol. The van der Waals surface area contributed by atoms with E-state index < -0.39 is 0 Å². The molecule has 3 aromatic carbocycles. The molecule has 0 aromatic heterocycles. The first kappa shape index (κ1) is 24.5. The van der Waals surface area contributed by atoms with Crippen LogP contribution in [0.5, 0.6) is 0 Å². The lowest BCUT2D eigenvalue weighted by molar-refractivity contribution is 0.0947. The van der Waals surface area contributed by atoms with Gasteiger partial charge < -0.3 is 20.3 Å². The molecule has 0 unspecified atom stereocenters. The Labute approximate surface area is 207 Å². The fourth-order valence-electron chi connectivity index (χ4n) is 4.37. The molecule has 4 rings (SSSR count). The fraction of sp³-hybridized carbons (Fsp3) is 0.310. The van der Waals surface area contributed by atoms with E-state index in [2.05, 4.69) is 15.5 Å². The number of ether oxygens (including phenoxy) is 1. The largest absolute Gasteiger partial charge is 0.385 e. The Hall–Kier alpha value is -3.64. The third-order valence-corrected chi connectivity index (χ3v) is 6.26. The number of nitrogens with one attached hydrogen (secondary N) is 2. The van der Waals surface area contributed by atoms with Crippen LogP contribution in [0.3, 0.4) is 0 Å². The molecular weight excluding hydrogens is 438 g/mol. The van der Waals surface area contributed by atoms with Crippen LogP contribution in [0, 0.1) is 0 Å². The van der Waals surface area contributed by atoms with Gasteiger partial charge in [0.25, 0.3) is 11.8 Å². The molecule has 0 saturated carbocycles. The first-order valence-corrected chi connectivity index (χ1v) is 12.3. The first-order valence-electron chi connectivity index (χ1n) is 12.3. The van der Waals surface area contributed by atoms with E-state index >= 15 is 0 Å². The molecular formula is C29H33N3O3. The molecule has 1 saturated heterocycles. The average molecular weight is 472 g/mol. The van der Waals surface area contributed by atoms with E-state index in [9.17, 15) is 9.59 Å². The summed E-state index contributed by atoms with van der Waals surface area (Å²) in [5.74, 6) is -0.341. The van der Waals surface area contributed by atoms with E-state index in [1.165, 1.54) is 6.42 Å². The summed E-state index contributed by atoms with van der Waals surface area (Å²) in [6.07, 6.45) is 4.20. The Kier molecular flexibility index (Phi) is 8.52. The summed E-state index contributed by atoms with van der Waals surface area (Å²) in [6, 6.07) is 23.2. The Morgan fingerprint density at radius 2 is 1.57 bits per heavy atom. The average Bonchev–Trinajstić information content (AvgIpc) is 2.92. The molecule has 3 aromatic rings. The van der Waals surface area contributed by atoms with Gasteiger partial charge in [0.1, 0.15) is 0 Å². The lowest BCUT2D eigenvalue weighted by Gasteiger charge is -2.30. The molecule has 1 aliphatic heterocycles. The van der Waals surface area contributed by atoms with E-state index in [0.717, 1.165) is 49.2 Å². The molecule has 35 heavy (non-hydrogen) atoms. The Morgan fingerprint density at radius 3 is 2.29 bits per heavy atom. The maximum absolute atomic E-state index is 13.1. The minimum atomic E-state index is -0.207. The second kappa shape index (κ2) is 12.2. The number of nitrogens with zero attached hydrogens (tertiary/aromatic N) is 1. The highest BCUT2D eigenvalue weighted by molar-refractivity contribution is 6.06. The molecule has 0 atom stereocenters. The van der Waals surface area contributed by atoms with Crippen molar-refractivity contribution in [2.24, 2.45) is 0 Å². The number of piperidine rings is 1. The lowest BCUT2D eigenvalue weighted by atomic mass is 10.0. The second-order valence-electron chi connectivity index (χ2n) is 8.78. The molecule has 1 aliphatic rings. The molecule has 2 N–H and O–H groups in total. The van der Waals surface area contributed by atoms with Crippen LogP contribution in [-0.4, -0.2) is 45.2 Å². The van der Waals surface area contributed by atoms with E-state index in [0.29, 0.717) is 30.0 Å². The normalized spacial score (nSPS) is 13.3. The van der Waals surface area contributed by atoms with Gasteiger partial charge in [0.2, 0.25) is 0 Å². The first-order chi connectivity index (χ1) is 17.2. The Morgan fingerprint density at radius 1 is 0.857 bits per heavy atom. The third kappa shape index (κ3) is 6.49. The van der Waals surface area contributed by atoms with Gasteiger partial charge >= 0.3 is 0 Å². The summed E-state index contributed by atoms with van der Waals surface area (Å²) in [5, 5.41) is 5.95. The zero-order chi connectivity index (χ0) is 24.5. The molecule has 0 radical (unpaired) electrons. The molecule has 182 valence electrons. The lowest BCUT2D eigenvalue weighted by Crippen LogP contribution is -2.33. The maximum Gasteiger partial charge on any atom is 0.255 e. The number of benzene rings is 3. The van der Waals surface area contributed by atoms with E-state index in [1.807, 2.05) is 66.7 Å². The highest BCUT2D eigenvalue weighted by atomic mass is 16.5. The molecule has 1 fully saturated rings. The van der Waals surface area contributed by atoms with Crippen molar-refractivity contribution < 1.29 is 14.3 Å². The summed E-state index contributed by atoms with van der Waals surface area (Å²) in [6.45, 7) is 3.00. The third-order valence-electron chi connectivity index (χ3n) is 6.26. The molecule has 0 bridgehead atoms. The van der Waals surface area contributed by atoms with Crippen molar-refractivity contribution >= 4 is 23.2 Å². The maximum atomic E-state index is 13.1. The minimum absolute atomic E-state index is 0.134. The zero-order valence-electron chi connectivity index (χ0n) is 20.3. The van der Waals surface area contributed by atoms with Crippen molar-refractivity contribution in [3.05, 3.63) is 83.9 Å². The van der Waals surface area contributed by atoms with Gasteiger partial charge in [-0.05, 0) is 67.1 Å². The number of hydrogen-bond acceptors (Lipinski definition) is 4. The summed E-state index contributed by atoms with van der Waals surface area (Å²) < 4.78 is 5.08. The van der Waals surface area contributed by atoms with Crippen LogP contribution in [0.1, 0.15) is 46.4 Å². The number of carbonyl (C=O) groups excluding carboxylic acids is 2. The minimum Gasteiger partial charge on any atom is -0.385 e. The number of methoxy groups -OCH3 is 1. The van der Waals surface area contributed by atoms with Crippen LogP contribution in [0.25, 0.3) is 11.1 Å². The highest BCUT2D eigenvalue weighted by Crippen LogP contribution is 2.28. The van der Waals surface area contributed by atoms with Gasteiger partial charge in [-0.2, -0.15) is 0 Å². The van der Waals surface area contributed by atoms with E-state index in [1.54, 1.807) is 13.2 Å². The second-order valence-corrected chi connectivity index (χ2v) is 8.78.